The normalized spacial score (nSPS) is 13.8. The van der Waals surface area contributed by atoms with Gasteiger partial charge in [0, 0.05) is 5.92 Å². The lowest BCUT2D eigenvalue weighted by atomic mass is 9.96. The van der Waals surface area contributed by atoms with Crippen molar-refractivity contribution in [3.63, 3.8) is 0 Å². The molecule has 0 amide bonds. The molecular formula is C12H24NO+. The number of ketones is 1. The first-order valence-electron chi connectivity index (χ1n) is 5.24. The molecule has 2 nitrogen and oxygen atoms in total. The van der Waals surface area contributed by atoms with Crippen molar-refractivity contribution in [1.82, 2.24) is 0 Å². The maximum absolute atomic E-state index is 11.5. The number of nitrogens with zero attached hydrogens (tertiary/aromatic N) is 1. The minimum absolute atomic E-state index is 0.138. The van der Waals surface area contributed by atoms with Crippen molar-refractivity contribution in [2.24, 2.45) is 5.92 Å². The van der Waals surface area contributed by atoms with E-state index in [2.05, 4.69) is 27.7 Å². The number of hydrogen-bond donors (Lipinski definition) is 0. The van der Waals surface area contributed by atoms with Crippen molar-refractivity contribution >= 4 is 5.78 Å². The molecule has 0 radical (unpaired) electrons. The molecule has 0 aromatic heterocycles. The molecule has 2 heteroatoms. The van der Waals surface area contributed by atoms with E-state index < -0.39 is 0 Å². The van der Waals surface area contributed by atoms with Gasteiger partial charge in [-0.05, 0) is 25.3 Å². The van der Waals surface area contributed by atoms with Gasteiger partial charge in [-0.15, -0.1) is 0 Å². The fourth-order valence-electron chi connectivity index (χ4n) is 1.42. The number of Topliss-reactive ketones (excluding diaryl/α,β-unsaturated/α-hetero) is 1. The Morgan fingerprint density at radius 1 is 1.36 bits per heavy atom. The molecule has 14 heavy (non-hydrogen) atoms. The van der Waals surface area contributed by atoms with Crippen molar-refractivity contribution in [3.05, 3.63) is 12.2 Å². The van der Waals surface area contributed by atoms with E-state index >= 15 is 0 Å². The quantitative estimate of drug-likeness (QED) is 0.472. The smallest absolute Gasteiger partial charge is 0.160 e. The summed E-state index contributed by atoms with van der Waals surface area (Å²) in [4.78, 5) is 11.5. The second kappa shape index (κ2) is 5.30. The van der Waals surface area contributed by atoms with Gasteiger partial charge in [-0.2, -0.15) is 0 Å². The van der Waals surface area contributed by atoms with Crippen LogP contribution in [0.4, 0.5) is 0 Å². The number of allylic oxidation sites excluding steroid dienone is 1. The fourth-order valence-corrected chi connectivity index (χ4v) is 1.42. The SMILES string of the molecule is C=C(C)C(=O)C(C)CCC[N+](C)(C)C. The van der Waals surface area contributed by atoms with Crippen molar-refractivity contribution in [1.29, 1.82) is 0 Å². The second-order valence-electron chi connectivity index (χ2n) is 5.20. The summed E-state index contributed by atoms with van der Waals surface area (Å²) < 4.78 is 0.966. The number of carbonyl (C=O) groups excluding carboxylic acids is 1. The third kappa shape index (κ3) is 5.92. The average molecular weight is 198 g/mol. The van der Waals surface area contributed by atoms with Crippen LogP contribution in [0.5, 0.6) is 0 Å². The molecule has 0 aliphatic rings. The Kier molecular flexibility index (Phi) is 5.06. The fraction of sp³-hybridized carbons (Fsp3) is 0.750. The molecule has 0 aromatic carbocycles. The number of carbonyl (C=O) groups is 1. The Balaban J connectivity index is 3.81. The number of quaternary nitrogens is 1. The van der Waals surface area contributed by atoms with Gasteiger partial charge in [0.25, 0.3) is 0 Å². The molecule has 1 atom stereocenters. The molecular weight excluding hydrogens is 174 g/mol. The molecule has 0 aliphatic heterocycles. The minimum atomic E-state index is 0.138. The van der Waals surface area contributed by atoms with Gasteiger partial charge in [0.2, 0.25) is 0 Å². The highest BCUT2D eigenvalue weighted by atomic mass is 16.1. The topological polar surface area (TPSA) is 17.1 Å². The van der Waals surface area contributed by atoms with Gasteiger partial charge in [0.1, 0.15) is 0 Å². The molecule has 0 saturated carbocycles. The van der Waals surface area contributed by atoms with E-state index in [1.54, 1.807) is 6.92 Å². The van der Waals surface area contributed by atoms with E-state index in [4.69, 9.17) is 0 Å². The van der Waals surface area contributed by atoms with Crippen LogP contribution in [-0.4, -0.2) is 38.0 Å². The van der Waals surface area contributed by atoms with Crippen LogP contribution in [0.25, 0.3) is 0 Å². The van der Waals surface area contributed by atoms with E-state index in [1.807, 2.05) is 6.92 Å². The lowest BCUT2D eigenvalue weighted by Crippen LogP contribution is -2.35. The predicted octanol–water partition coefficient (Wildman–Crippen LogP) is 2.25. The van der Waals surface area contributed by atoms with Crippen LogP contribution in [-0.2, 0) is 4.79 Å². The Bertz CT molecular complexity index is 213. The van der Waals surface area contributed by atoms with Crippen LogP contribution in [0.15, 0.2) is 12.2 Å². The van der Waals surface area contributed by atoms with Gasteiger partial charge >= 0.3 is 0 Å². The first-order chi connectivity index (χ1) is 6.24. The van der Waals surface area contributed by atoms with Crippen LogP contribution in [0.3, 0.4) is 0 Å². The van der Waals surface area contributed by atoms with Crippen LogP contribution >= 0.6 is 0 Å². The summed E-state index contributed by atoms with van der Waals surface area (Å²) in [6, 6.07) is 0. The summed E-state index contributed by atoms with van der Waals surface area (Å²) in [6.07, 6.45) is 2.07. The van der Waals surface area contributed by atoms with E-state index in [0.29, 0.717) is 5.57 Å². The third-order valence-electron chi connectivity index (χ3n) is 2.33. The second-order valence-corrected chi connectivity index (χ2v) is 5.20. The highest BCUT2D eigenvalue weighted by Gasteiger charge is 2.14. The Morgan fingerprint density at radius 2 is 1.86 bits per heavy atom. The summed E-state index contributed by atoms with van der Waals surface area (Å²) in [7, 11) is 6.52. The molecule has 0 spiro atoms. The van der Waals surface area contributed by atoms with Gasteiger partial charge in [-0.3, -0.25) is 4.79 Å². The van der Waals surface area contributed by atoms with Crippen LogP contribution < -0.4 is 0 Å². The van der Waals surface area contributed by atoms with Gasteiger partial charge in [0.15, 0.2) is 5.78 Å². The zero-order valence-electron chi connectivity index (χ0n) is 10.3. The highest BCUT2D eigenvalue weighted by Crippen LogP contribution is 2.12. The van der Waals surface area contributed by atoms with E-state index in [0.717, 1.165) is 23.9 Å². The zero-order chi connectivity index (χ0) is 11.4. The summed E-state index contributed by atoms with van der Waals surface area (Å²) in [5.41, 5.74) is 0.683. The number of rotatable bonds is 6. The number of hydrogen-bond acceptors (Lipinski definition) is 1. The Morgan fingerprint density at radius 3 is 2.21 bits per heavy atom. The molecule has 0 rings (SSSR count). The molecule has 0 saturated heterocycles. The highest BCUT2D eigenvalue weighted by molar-refractivity contribution is 5.95. The molecule has 0 aliphatic carbocycles. The van der Waals surface area contributed by atoms with E-state index in [1.165, 1.54) is 0 Å². The van der Waals surface area contributed by atoms with Gasteiger partial charge < -0.3 is 4.48 Å². The van der Waals surface area contributed by atoms with E-state index in [9.17, 15) is 4.79 Å². The molecule has 82 valence electrons. The van der Waals surface area contributed by atoms with Crippen LogP contribution in [0.2, 0.25) is 0 Å². The van der Waals surface area contributed by atoms with Crippen LogP contribution in [0.1, 0.15) is 26.7 Å². The summed E-state index contributed by atoms with van der Waals surface area (Å²) in [5, 5.41) is 0. The average Bonchev–Trinajstić information content (AvgIpc) is 2.00. The lowest BCUT2D eigenvalue weighted by molar-refractivity contribution is -0.870. The molecule has 0 N–H and O–H groups in total. The van der Waals surface area contributed by atoms with Gasteiger partial charge in [-0.25, -0.2) is 0 Å². The third-order valence-corrected chi connectivity index (χ3v) is 2.33. The zero-order valence-corrected chi connectivity index (χ0v) is 10.3. The largest absolute Gasteiger partial charge is 0.331 e. The monoisotopic (exact) mass is 198 g/mol. The van der Waals surface area contributed by atoms with Crippen molar-refractivity contribution in [3.8, 4) is 0 Å². The Labute approximate surface area is 88.2 Å². The molecule has 0 heterocycles. The van der Waals surface area contributed by atoms with Crippen molar-refractivity contribution < 1.29 is 9.28 Å². The van der Waals surface area contributed by atoms with Crippen LogP contribution in [0, 0.1) is 5.92 Å². The molecule has 0 bridgehead atoms. The predicted molar refractivity (Wildman–Crippen MR) is 61.1 cm³/mol. The first kappa shape index (κ1) is 13.4. The Hall–Kier alpha value is -0.630. The minimum Gasteiger partial charge on any atom is -0.331 e. The van der Waals surface area contributed by atoms with Gasteiger partial charge in [-0.1, -0.05) is 13.5 Å². The molecule has 0 fully saturated rings. The van der Waals surface area contributed by atoms with Crippen molar-refractivity contribution in [2.75, 3.05) is 27.7 Å². The maximum atomic E-state index is 11.5. The molecule has 1 unspecified atom stereocenters. The standard InChI is InChI=1S/C12H24NO/c1-10(2)12(14)11(3)8-7-9-13(4,5)6/h11H,1,7-9H2,2-6H3/q+1. The maximum Gasteiger partial charge on any atom is 0.160 e. The van der Waals surface area contributed by atoms with E-state index in [-0.39, 0.29) is 11.7 Å². The summed E-state index contributed by atoms with van der Waals surface area (Å²) >= 11 is 0. The van der Waals surface area contributed by atoms with Gasteiger partial charge in [0.05, 0.1) is 27.7 Å². The van der Waals surface area contributed by atoms with Crippen molar-refractivity contribution in [2.45, 2.75) is 26.7 Å². The first-order valence-corrected chi connectivity index (χ1v) is 5.24. The molecule has 0 aromatic rings. The summed E-state index contributed by atoms with van der Waals surface area (Å²) in [5.74, 6) is 0.352. The lowest BCUT2D eigenvalue weighted by Gasteiger charge is -2.24. The summed E-state index contributed by atoms with van der Waals surface area (Å²) in [6.45, 7) is 8.58.